The fourth-order valence-corrected chi connectivity index (χ4v) is 13.5. The summed E-state index contributed by atoms with van der Waals surface area (Å²) in [5.41, 5.74) is 13.7. The van der Waals surface area contributed by atoms with Gasteiger partial charge in [-0.05, 0) is 152 Å². The van der Waals surface area contributed by atoms with Gasteiger partial charge in [-0.25, -0.2) is 0 Å². The molecule has 82 heavy (non-hydrogen) atoms. The summed E-state index contributed by atoms with van der Waals surface area (Å²) in [5, 5.41) is 3.59. The second-order valence-electron chi connectivity index (χ2n) is 23.0. The van der Waals surface area contributed by atoms with Crippen LogP contribution in [0, 0.1) is 0 Å². The number of para-hydroxylation sites is 4. The summed E-state index contributed by atoms with van der Waals surface area (Å²) < 4.78 is 100. The van der Waals surface area contributed by atoms with Gasteiger partial charge in [0.2, 0.25) is 0 Å². The van der Waals surface area contributed by atoms with Gasteiger partial charge in [0.25, 0.3) is 0 Å². The number of anilines is 6. The van der Waals surface area contributed by atoms with E-state index in [-0.39, 0.29) is 11.8 Å². The van der Waals surface area contributed by atoms with Crippen molar-refractivity contribution < 1.29 is 35.2 Å². The SMILES string of the molecule is CC(C)c1cccc2c1oc1c(N(c3ccc(C(F)(F)F)cc3)c3ccc4c(c3)-c3cc(N(c5ccc(C(F)(F)F)cc5)c5cccc6c5oc5c(C(C)C)cccc56)ccc3C43c4ccccc4C(C)(C)c4ccccc43)cccc12. The van der Waals surface area contributed by atoms with Gasteiger partial charge < -0.3 is 18.6 Å². The van der Waals surface area contributed by atoms with Gasteiger partial charge in [-0.2, -0.15) is 26.3 Å². The molecule has 10 heteroatoms. The number of hydrogen-bond donors (Lipinski definition) is 0. The quantitative estimate of drug-likeness (QED) is 0.142. The van der Waals surface area contributed by atoms with Gasteiger partial charge in [-0.15, -0.1) is 0 Å². The lowest BCUT2D eigenvalue weighted by Crippen LogP contribution is -2.40. The second-order valence-corrected chi connectivity index (χ2v) is 23.0. The Morgan fingerprint density at radius 3 is 1.06 bits per heavy atom. The molecule has 406 valence electrons. The maximum absolute atomic E-state index is 14.4. The topological polar surface area (TPSA) is 32.8 Å². The molecule has 0 fully saturated rings. The summed E-state index contributed by atoms with van der Waals surface area (Å²) in [6.07, 6.45) is -9.14. The second kappa shape index (κ2) is 18.2. The van der Waals surface area contributed by atoms with Crippen molar-refractivity contribution in [2.45, 2.75) is 76.6 Å². The van der Waals surface area contributed by atoms with Crippen molar-refractivity contribution in [3.05, 3.63) is 262 Å². The molecule has 2 aliphatic rings. The Kier molecular flexibility index (Phi) is 11.4. The largest absolute Gasteiger partial charge is 0.454 e. The molecule has 14 rings (SSSR count). The van der Waals surface area contributed by atoms with E-state index in [4.69, 9.17) is 8.83 Å². The summed E-state index contributed by atoms with van der Waals surface area (Å²) in [5.74, 6) is 0.292. The molecular formula is C72H54F6N2O2. The van der Waals surface area contributed by atoms with Crippen molar-refractivity contribution in [2.24, 2.45) is 0 Å². The zero-order valence-corrected chi connectivity index (χ0v) is 45.8. The zero-order valence-electron chi connectivity index (χ0n) is 45.8. The molecule has 2 heterocycles. The molecule has 0 saturated heterocycles. The van der Waals surface area contributed by atoms with Crippen molar-refractivity contribution in [1.29, 1.82) is 0 Å². The van der Waals surface area contributed by atoms with Gasteiger partial charge in [0.05, 0.1) is 27.9 Å². The Balaban J connectivity index is 1.06. The maximum atomic E-state index is 14.4. The molecule has 0 atom stereocenters. The molecular weight excluding hydrogens is 1040 g/mol. The molecule has 0 radical (unpaired) electrons. The Bertz CT molecular complexity index is 4250. The third kappa shape index (κ3) is 7.52. The van der Waals surface area contributed by atoms with Gasteiger partial charge in [0.15, 0.2) is 11.2 Å². The zero-order chi connectivity index (χ0) is 56.8. The average Bonchev–Trinajstić information content (AvgIpc) is 1.58. The number of fused-ring (bicyclic) bond motifs is 15. The van der Waals surface area contributed by atoms with Crippen LogP contribution in [0.2, 0.25) is 0 Å². The summed E-state index contributed by atoms with van der Waals surface area (Å²) in [7, 11) is 0. The highest BCUT2D eigenvalue weighted by atomic mass is 19.4. The first-order valence-corrected chi connectivity index (χ1v) is 27.7. The first kappa shape index (κ1) is 51.1. The normalized spacial score (nSPS) is 14.3. The first-order valence-electron chi connectivity index (χ1n) is 27.7. The van der Waals surface area contributed by atoms with Crippen LogP contribution in [0.1, 0.15) is 109 Å². The Morgan fingerprint density at radius 1 is 0.354 bits per heavy atom. The third-order valence-corrected chi connectivity index (χ3v) is 17.3. The van der Waals surface area contributed by atoms with E-state index in [1.54, 1.807) is 0 Å². The molecule has 0 amide bonds. The van der Waals surface area contributed by atoms with Crippen LogP contribution in [0.3, 0.4) is 0 Å². The Hall–Kier alpha value is -9.02. The maximum Gasteiger partial charge on any atom is 0.416 e. The highest BCUT2D eigenvalue weighted by Gasteiger charge is 2.53. The molecule has 0 unspecified atom stereocenters. The lowest BCUT2D eigenvalue weighted by Gasteiger charge is -2.46. The highest BCUT2D eigenvalue weighted by molar-refractivity contribution is 6.13. The van der Waals surface area contributed by atoms with E-state index in [0.29, 0.717) is 45.3 Å². The van der Waals surface area contributed by atoms with E-state index in [1.165, 1.54) is 24.3 Å². The molecule has 2 aliphatic carbocycles. The van der Waals surface area contributed by atoms with Crippen molar-refractivity contribution in [1.82, 2.24) is 0 Å². The molecule has 0 aliphatic heterocycles. The Morgan fingerprint density at radius 2 is 0.695 bits per heavy atom. The van der Waals surface area contributed by atoms with E-state index >= 15 is 0 Å². The monoisotopic (exact) mass is 1090 g/mol. The summed E-state index contributed by atoms with van der Waals surface area (Å²) >= 11 is 0. The number of nitrogens with zero attached hydrogens (tertiary/aromatic N) is 2. The van der Waals surface area contributed by atoms with Gasteiger partial charge >= 0.3 is 12.4 Å². The fraction of sp³-hybridized carbons (Fsp3) is 0.167. The van der Waals surface area contributed by atoms with Crippen molar-refractivity contribution >= 4 is 78.0 Å². The molecule has 0 saturated carbocycles. The average molecular weight is 1090 g/mol. The summed E-state index contributed by atoms with van der Waals surface area (Å²) in [6, 6.07) is 64.4. The molecule has 2 aromatic heterocycles. The highest BCUT2D eigenvalue weighted by Crippen LogP contribution is 2.64. The van der Waals surface area contributed by atoms with Crippen molar-refractivity contribution in [2.75, 3.05) is 9.80 Å². The minimum atomic E-state index is -4.57. The Labute approximate surface area is 470 Å². The minimum Gasteiger partial charge on any atom is -0.454 e. The van der Waals surface area contributed by atoms with E-state index in [0.717, 1.165) is 113 Å². The van der Waals surface area contributed by atoms with Gasteiger partial charge in [-0.3, -0.25) is 0 Å². The first-order chi connectivity index (χ1) is 39.3. The van der Waals surface area contributed by atoms with Crippen molar-refractivity contribution in [3.8, 4) is 11.1 Å². The molecule has 0 N–H and O–H groups in total. The standard InChI is InChI=1S/C72H54F6N2O2/c1-41(2)49-15-11-17-51-53-19-13-25-63(67(53)81-65(49)51)79(45-31-27-43(28-32-45)71(73,74)75)47-35-37-57-55(39-47)56-40-48(36-38-58(56)70(57)61-23-9-7-21-59(61)69(5,6)60-22-8-10-24-62(60)70)80(46-33-29-44(30-34-46)72(76,77)78)64-26-14-20-54-52-18-12-16-50(42(3)4)66(52)82-68(54)64/h7-42H,1-6H3. The molecule has 1 spiro atoms. The van der Waals surface area contributed by atoms with E-state index in [2.05, 4.69) is 139 Å². The summed E-state index contributed by atoms with van der Waals surface area (Å²) in [6.45, 7) is 13.0. The van der Waals surface area contributed by atoms with Crippen LogP contribution >= 0.6 is 0 Å². The fourth-order valence-electron chi connectivity index (χ4n) is 13.5. The molecule has 10 aromatic carbocycles. The van der Waals surface area contributed by atoms with Crippen LogP contribution in [-0.2, 0) is 23.2 Å². The predicted molar refractivity (Wildman–Crippen MR) is 318 cm³/mol. The van der Waals surface area contributed by atoms with Crippen LogP contribution in [0.5, 0.6) is 0 Å². The third-order valence-electron chi connectivity index (χ3n) is 17.3. The number of furan rings is 2. The number of alkyl halides is 6. The number of halogens is 6. The predicted octanol–water partition coefficient (Wildman–Crippen LogP) is 21.7. The van der Waals surface area contributed by atoms with Crippen LogP contribution in [0.4, 0.5) is 60.5 Å². The van der Waals surface area contributed by atoms with Crippen molar-refractivity contribution in [3.63, 3.8) is 0 Å². The van der Waals surface area contributed by atoms with Gasteiger partial charge in [0, 0.05) is 49.7 Å². The lowest BCUT2D eigenvalue weighted by atomic mass is 9.55. The number of benzene rings is 10. The smallest absolute Gasteiger partial charge is 0.416 e. The summed E-state index contributed by atoms with van der Waals surface area (Å²) in [4.78, 5) is 3.95. The van der Waals surface area contributed by atoms with E-state index in [1.807, 2.05) is 70.5 Å². The van der Waals surface area contributed by atoms with Gasteiger partial charge in [0.1, 0.15) is 11.2 Å². The molecule has 0 bridgehead atoms. The number of rotatable bonds is 8. The van der Waals surface area contributed by atoms with Gasteiger partial charge in [-0.1, -0.05) is 163 Å². The molecule has 12 aromatic rings. The lowest BCUT2D eigenvalue weighted by molar-refractivity contribution is -0.138. The molecule has 4 nitrogen and oxygen atoms in total. The van der Waals surface area contributed by atoms with Crippen LogP contribution < -0.4 is 9.80 Å². The van der Waals surface area contributed by atoms with E-state index in [9.17, 15) is 26.3 Å². The van der Waals surface area contributed by atoms with Crippen LogP contribution in [0.15, 0.2) is 215 Å². The minimum absolute atomic E-state index is 0.146. The number of hydrogen-bond acceptors (Lipinski definition) is 4. The van der Waals surface area contributed by atoms with Crippen LogP contribution in [-0.4, -0.2) is 0 Å². The van der Waals surface area contributed by atoms with E-state index < -0.39 is 34.3 Å². The van der Waals surface area contributed by atoms with Crippen LogP contribution in [0.25, 0.3) is 55.0 Å².